The number of carbonyl (C=O) groups is 1. The van der Waals surface area contributed by atoms with Crippen LogP contribution in [0.1, 0.15) is 0 Å². The van der Waals surface area contributed by atoms with E-state index in [1.54, 1.807) is 0 Å². The summed E-state index contributed by atoms with van der Waals surface area (Å²) in [6, 6.07) is 7.14. The third-order valence-corrected chi connectivity index (χ3v) is 2.22. The van der Waals surface area contributed by atoms with E-state index in [0.717, 1.165) is 9.26 Å². The van der Waals surface area contributed by atoms with Gasteiger partial charge >= 0.3 is 6.03 Å². The number of amides is 2. The van der Waals surface area contributed by atoms with Crippen LogP contribution < -0.4 is 10.6 Å². The maximum Gasteiger partial charge on any atom is 0.319 e. The third kappa shape index (κ3) is 3.93. The number of hydrogen-bond donors (Lipinski definition) is 3. The molecule has 0 aliphatic heterocycles. The summed E-state index contributed by atoms with van der Waals surface area (Å²) in [5, 5.41) is 13.6. The molecular weight excluding hydrogens is 295 g/mol. The van der Waals surface area contributed by atoms with Gasteiger partial charge in [0, 0.05) is 15.8 Å². The van der Waals surface area contributed by atoms with Crippen molar-refractivity contribution in [3.05, 3.63) is 27.8 Å². The first-order valence-electron chi connectivity index (χ1n) is 4.13. The van der Waals surface area contributed by atoms with E-state index in [2.05, 4.69) is 33.2 Å². The van der Waals surface area contributed by atoms with Crippen LogP contribution in [-0.4, -0.2) is 24.3 Å². The first-order valence-corrected chi connectivity index (χ1v) is 5.21. The second-order valence-electron chi connectivity index (χ2n) is 2.61. The molecular formula is C9H11IN2O2. The van der Waals surface area contributed by atoms with Crippen molar-refractivity contribution in [3.63, 3.8) is 0 Å². The number of anilines is 1. The van der Waals surface area contributed by atoms with Crippen molar-refractivity contribution in [1.82, 2.24) is 5.32 Å². The monoisotopic (exact) mass is 306 g/mol. The molecule has 0 saturated carbocycles. The van der Waals surface area contributed by atoms with Gasteiger partial charge in [0.25, 0.3) is 0 Å². The maximum absolute atomic E-state index is 11.1. The Balaban J connectivity index is 2.44. The topological polar surface area (TPSA) is 61.4 Å². The zero-order valence-corrected chi connectivity index (χ0v) is 9.61. The number of benzene rings is 1. The van der Waals surface area contributed by atoms with Crippen molar-refractivity contribution in [2.45, 2.75) is 0 Å². The molecule has 1 rings (SSSR count). The van der Waals surface area contributed by atoms with Crippen LogP contribution in [0.4, 0.5) is 10.5 Å². The predicted octanol–water partition coefficient (Wildman–Crippen LogP) is 1.40. The lowest BCUT2D eigenvalue weighted by Crippen LogP contribution is -2.30. The van der Waals surface area contributed by atoms with Crippen molar-refractivity contribution in [1.29, 1.82) is 0 Å². The summed E-state index contributed by atoms with van der Waals surface area (Å²) < 4.78 is 1.11. The molecule has 1 aromatic carbocycles. The molecule has 0 aromatic heterocycles. The lowest BCUT2D eigenvalue weighted by Gasteiger charge is -2.05. The second kappa shape index (κ2) is 5.82. The predicted molar refractivity (Wildman–Crippen MR) is 63.3 cm³/mol. The molecule has 0 unspecified atom stereocenters. The number of carbonyl (C=O) groups excluding carboxylic acids is 1. The molecule has 0 radical (unpaired) electrons. The minimum atomic E-state index is -0.305. The summed E-state index contributed by atoms with van der Waals surface area (Å²) in [7, 11) is 0. The molecule has 0 spiro atoms. The number of rotatable bonds is 3. The molecule has 1 aromatic rings. The highest BCUT2D eigenvalue weighted by Gasteiger charge is 1.99. The molecule has 0 atom stereocenters. The molecule has 76 valence electrons. The van der Waals surface area contributed by atoms with E-state index in [1.165, 1.54) is 0 Å². The molecule has 4 nitrogen and oxygen atoms in total. The van der Waals surface area contributed by atoms with Gasteiger partial charge in [0.15, 0.2) is 0 Å². The second-order valence-corrected chi connectivity index (χ2v) is 3.86. The summed E-state index contributed by atoms with van der Waals surface area (Å²) in [6.07, 6.45) is 0. The minimum Gasteiger partial charge on any atom is -0.395 e. The minimum absolute atomic E-state index is 0.0554. The Morgan fingerprint density at radius 2 is 2.00 bits per heavy atom. The van der Waals surface area contributed by atoms with Crippen LogP contribution in [-0.2, 0) is 0 Å². The lowest BCUT2D eigenvalue weighted by atomic mass is 10.3. The first-order chi connectivity index (χ1) is 6.72. The van der Waals surface area contributed by atoms with Gasteiger partial charge in [0.05, 0.1) is 6.61 Å². The Morgan fingerprint density at radius 1 is 1.36 bits per heavy atom. The van der Waals surface area contributed by atoms with Crippen LogP contribution in [0.2, 0.25) is 0 Å². The zero-order chi connectivity index (χ0) is 10.4. The quantitative estimate of drug-likeness (QED) is 0.739. The number of aliphatic hydroxyl groups excluding tert-OH is 1. The summed E-state index contributed by atoms with van der Waals surface area (Å²) in [5.41, 5.74) is 0.737. The third-order valence-electron chi connectivity index (χ3n) is 1.50. The smallest absolute Gasteiger partial charge is 0.319 e. The molecule has 0 fully saturated rings. The number of aliphatic hydroxyl groups is 1. The van der Waals surface area contributed by atoms with Gasteiger partial charge in [-0.2, -0.15) is 0 Å². The normalized spacial score (nSPS) is 9.57. The fraction of sp³-hybridized carbons (Fsp3) is 0.222. The molecule has 0 bridgehead atoms. The van der Waals surface area contributed by atoms with Crippen LogP contribution in [0.5, 0.6) is 0 Å². The Hall–Kier alpha value is -0.820. The molecule has 0 aliphatic rings. The van der Waals surface area contributed by atoms with E-state index in [1.807, 2.05) is 24.3 Å². The van der Waals surface area contributed by atoms with Gasteiger partial charge in [-0.15, -0.1) is 0 Å². The number of hydrogen-bond acceptors (Lipinski definition) is 2. The van der Waals surface area contributed by atoms with E-state index in [4.69, 9.17) is 5.11 Å². The van der Waals surface area contributed by atoms with Crippen LogP contribution in [0, 0.1) is 3.57 Å². The van der Waals surface area contributed by atoms with Gasteiger partial charge in [-0.1, -0.05) is 0 Å². The largest absolute Gasteiger partial charge is 0.395 e. The van der Waals surface area contributed by atoms with Crippen LogP contribution in [0.25, 0.3) is 0 Å². The van der Waals surface area contributed by atoms with Crippen LogP contribution >= 0.6 is 22.6 Å². The fourth-order valence-corrected chi connectivity index (χ4v) is 1.24. The highest BCUT2D eigenvalue weighted by Crippen LogP contribution is 2.10. The van der Waals surface area contributed by atoms with Crippen molar-refractivity contribution >= 4 is 34.3 Å². The Morgan fingerprint density at radius 3 is 2.57 bits per heavy atom. The standard InChI is InChI=1S/C9H11IN2O2/c10-7-1-3-8(4-2-7)12-9(14)11-5-6-13/h1-4,13H,5-6H2,(H2,11,12,14). The van der Waals surface area contributed by atoms with Gasteiger partial charge in [-0.3, -0.25) is 0 Å². The van der Waals surface area contributed by atoms with Gasteiger partial charge in [-0.25, -0.2) is 4.79 Å². The van der Waals surface area contributed by atoms with Gasteiger partial charge < -0.3 is 15.7 Å². The Kier molecular flexibility index (Phi) is 4.68. The Bertz CT molecular complexity index is 300. The SMILES string of the molecule is O=C(NCCO)Nc1ccc(I)cc1. The lowest BCUT2D eigenvalue weighted by molar-refractivity contribution is 0.245. The number of halogens is 1. The molecule has 2 amide bonds. The average molecular weight is 306 g/mol. The summed E-state index contributed by atoms with van der Waals surface area (Å²) in [6.45, 7) is 0.205. The van der Waals surface area contributed by atoms with E-state index in [0.29, 0.717) is 0 Å². The molecule has 5 heteroatoms. The average Bonchev–Trinajstić information content (AvgIpc) is 2.18. The van der Waals surface area contributed by atoms with Gasteiger partial charge in [0.2, 0.25) is 0 Å². The molecule has 0 saturated heterocycles. The van der Waals surface area contributed by atoms with Gasteiger partial charge in [0.1, 0.15) is 0 Å². The van der Waals surface area contributed by atoms with E-state index >= 15 is 0 Å². The molecule has 3 N–H and O–H groups in total. The van der Waals surface area contributed by atoms with Crippen molar-refractivity contribution < 1.29 is 9.90 Å². The zero-order valence-electron chi connectivity index (χ0n) is 7.46. The fourth-order valence-electron chi connectivity index (χ4n) is 0.878. The van der Waals surface area contributed by atoms with Gasteiger partial charge in [-0.05, 0) is 46.9 Å². The summed E-state index contributed by atoms with van der Waals surface area (Å²) >= 11 is 2.19. The van der Waals surface area contributed by atoms with Crippen LogP contribution in [0.3, 0.4) is 0 Å². The van der Waals surface area contributed by atoms with Crippen molar-refractivity contribution in [3.8, 4) is 0 Å². The molecule has 14 heavy (non-hydrogen) atoms. The number of urea groups is 1. The summed E-state index contributed by atoms with van der Waals surface area (Å²) in [5.74, 6) is 0. The van der Waals surface area contributed by atoms with E-state index < -0.39 is 0 Å². The highest BCUT2D eigenvalue weighted by molar-refractivity contribution is 14.1. The van der Waals surface area contributed by atoms with E-state index in [-0.39, 0.29) is 19.2 Å². The van der Waals surface area contributed by atoms with Crippen molar-refractivity contribution in [2.75, 3.05) is 18.5 Å². The van der Waals surface area contributed by atoms with Crippen LogP contribution in [0.15, 0.2) is 24.3 Å². The maximum atomic E-state index is 11.1. The van der Waals surface area contributed by atoms with E-state index in [9.17, 15) is 4.79 Å². The highest BCUT2D eigenvalue weighted by atomic mass is 127. The first kappa shape index (κ1) is 11.3. The Labute approximate surface area is 95.8 Å². The molecule has 0 heterocycles. The number of nitrogens with one attached hydrogen (secondary N) is 2. The molecule has 0 aliphatic carbocycles. The summed E-state index contributed by atoms with van der Waals surface area (Å²) in [4.78, 5) is 11.1. The van der Waals surface area contributed by atoms with Crippen molar-refractivity contribution in [2.24, 2.45) is 0 Å².